The molecule has 4 fully saturated rings. The molecule has 178 valence electrons. The number of hydrogen-bond acceptors (Lipinski definition) is 5. The lowest BCUT2D eigenvalue weighted by Crippen LogP contribution is -2.54. The van der Waals surface area contributed by atoms with Gasteiger partial charge in [0.2, 0.25) is 5.91 Å². The summed E-state index contributed by atoms with van der Waals surface area (Å²) in [6.07, 6.45) is 9.78. The van der Waals surface area contributed by atoms with E-state index in [1.54, 1.807) is 0 Å². The molecule has 2 N–H and O–H groups in total. The molecule has 0 radical (unpaired) electrons. The molecule has 7 atom stereocenters. The van der Waals surface area contributed by atoms with Gasteiger partial charge in [0.25, 0.3) is 0 Å². The molecule has 0 saturated heterocycles. The number of hydrogen-bond donors (Lipinski definition) is 2. The topological polar surface area (TPSA) is 105 Å². The number of carbonyl (C=O) groups excluding carboxylic acids is 2. The Morgan fingerprint density at radius 3 is 2.56 bits per heavy atom. The smallest absolute Gasteiger partial charge is 0.303 e. The average molecular weight is 447 g/mol. The molecule has 0 aromatic rings. The molecule has 0 aliphatic heterocycles. The van der Waals surface area contributed by atoms with Crippen LogP contribution in [0.4, 0.5) is 0 Å². The van der Waals surface area contributed by atoms with Gasteiger partial charge in [-0.25, -0.2) is 5.43 Å². The number of ether oxygens (including phenoxy) is 1. The number of aliphatic carboxylic acids is 1. The number of esters is 1. The number of rotatable bonds is 5. The maximum atomic E-state index is 12.0. The zero-order valence-corrected chi connectivity index (χ0v) is 19.7. The highest BCUT2D eigenvalue weighted by Gasteiger charge is 2.59. The van der Waals surface area contributed by atoms with Crippen LogP contribution in [0.2, 0.25) is 0 Å². The van der Waals surface area contributed by atoms with Crippen molar-refractivity contribution in [3.63, 3.8) is 0 Å². The molecule has 4 rings (SSSR count). The standard InChI is InChI=1S/C25H38N2O5/c1-15(28)32-17-10-12-24(2)16(14-17)4-5-18-19-6-7-21(25(19,3)13-11-20(18)24)26-27-22(29)8-9-23(30)31/h16-20H,4-14H2,1-3H3,(H,27,29)(H,30,31)/b26-21-/t16-,17+,18-,19-,20+,24-,25-/m0/s1. The van der Waals surface area contributed by atoms with E-state index in [0.717, 1.165) is 44.2 Å². The molecule has 0 aromatic heterocycles. The summed E-state index contributed by atoms with van der Waals surface area (Å²) in [5.41, 5.74) is 4.07. The van der Waals surface area contributed by atoms with Gasteiger partial charge in [-0.3, -0.25) is 14.4 Å². The molecule has 1 amide bonds. The van der Waals surface area contributed by atoms with E-state index in [4.69, 9.17) is 9.84 Å². The van der Waals surface area contributed by atoms with Crippen molar-refractivity contribution in [2.75, 3.05) is 0 Å². The fourth-order valence-corrected chi connectivity index (χ4v) is 7.94. The van der Waals surface area contributed by atoms with Crippen LogP contribution in [-0.2, 0) is 19.1 Å². The van der Waals surface area contributed by atoms with Crippen LogP contribution in [0.1, 0.15) is 91.4 Å². The Kier molecular flexibility index (Phi) is 6.38. The van der Waals surface area contributed by atoms with Crippen molar-refractivity contribution in [3.05, 3.63) is 0 Å². The Morgan fingerprint density at radius 2 is 1.84 bits per heavy atom. The maximum absolute atomic E-state index is 12.0. The van der Waals surface area contributed by atoms with Crippen molar-refractivity contribution in [1.29, 1.82) is 0 Å². The maximum Gasteiger partial charge on any atom is 0.303 e. The van der Waals surface area contributed by atoms with Gasteiger partial charge in [0, 0.05) is 24.5 Å². The predicted molar refractivity (Wildman–Crippen MR) is 120 cm³/mol. The Hall–Kier alpha value is -1.92. The second kappa shape index (κ2) is 8.79. The van der Waals surface area contributed by atoms with Gasteiger partial charge in [-0.2, -0.15) is 5.10 Å². The molecule has 32 heavy (non-hydrogen) atoms. The highest BCUT2D eigenvalue weighted by Crippen LogP contribution is 2.65. The Balaban J connectivity index is 1.44. The SMILES string of the molecule is CC(=O)O[C@@H]1CC[C@@]2(C)[C@@H](CC[C@@H]3[C@H]2CC[C@]2(C)/C(=N\NC(=O)CCC(=O)O)CC[C@@H]32)C1. The van der Waals surface area contributed by atoms with Gasteiger partial charge in [-0.05, 0) is 86.9 Å². The van der Waals surface area contributed by atoms with E-state index >= 15 is 0 Å². The summed E-state index contributed by atoms with van der Waals surface area (Å²) in [7, 11) is 0. The molecular formula is C25H38N2O5. The minimum absolute atomic E-state index is 0.0272. The molecule has 7 heteroatoms. The van der Waals surface area contributed by atoms with Crippen molar-refractivity contribution < 1.29 is 24.2 Å². The van der Waals surface area contributed by atoms with E-state index in [1.807, 2.05) is 0 Å². The zero-order chi connectivity index (χ0) is 23.1. The average Bonchev–Trinajstić information content (AvgIpc) is 3.07. The number of carbonyl (C=O) groups is 3. The third-order valence-electron chi connectivity index (χ3n) is 9.57. The minimum atomic E-state index is -0.968. The van der Waals surface area contributed by atoms with Crippen molar-refractivity contribution in [2.45, 2.75) is 97.5 Å². The van der Waals surface area contributed by atoms with Crippen LogP contribution in [0.25, 0.3) is 0 Å². The van der Waals surface area contributed by atoms with Crippen LogP contribution in [0.5, 0.6) is 0 Å². The van der Waals surface area contributed by atoms with E-state index in [1.165, 1.54) is 26.2 Å². The first-order chi connectivity index (χ1) is 15.1. The van der Waals surface area contributed by atoms with Gasteiger partial charge in [-0.1, -0.05) is 13.8 Å². The number of nitrogens with one attached hydrogen (secondary N) is 1. The number of hydrazone groups is 1. The Morgan fingerprint density at radius 1 is 1.06 bits per heavy atom. The fraction of sp³-hybridized carbons (Fsp3) is 0.840. The molecular weight excluding hydrogens is 408 g/mol. The lowest BCUT2D eigenvalue weighted by atomic mass is 9.45. The summed E-state index contributed by atoms with van der Waals surface area (Å²) in [5, 5.41) is 13.3. The summed E-state index contributed by atoms with van der Waals surface area (Å²) in [6, 6.07) is 0. The van der Waals surface area contributed by atoms with Gasteiger partial charge in [-0.15, -0.1) is 0 Å². The predicted octanol–water partition coefficient (Wildman–Crippen LogP) is 4.30. The van der Waals surface area contributed by atoms with E-state index < -0.39 is 5.97 Å². The lowest BCUT2D eigenvalue weighted by Gasteiger charge is -2.60. The van der Waals surface area contributed by atoms with E-state index in [2.05, 4.69) is 24.4 Å². The second-order valence-electron chi connectivity index (χ2n) is 11.1. The Labute approximate surface area is 190 Å². The van der Waals surface area contributed by atoms with Crippen molar-refractivity contribution in [3.8, 4) is 0 Å². The summed E-state index contributed by atoms with van der Waals surface area (Å²) in [4.78, 5) is 34.1. The van der Waals surface area contributed by atoms with Gasteiger partial charge in [0.05, 0.1) is 6.42 Å². The molecule has 0 aromatic carbocycles. The van der Waals surface area contributed by atoms with E-state index in [9.17, 15) is 14.4 Å². The van der Waals surface area contributed by atoms with Gasteiger partial charge >= 0.3 is 11.9 Å². The molecule has 4 saturated carbocycles. The summed E-state index contributed by atoms with van der Waals surface area (Å²) < 4.78 is 5.58. The first kappa shape index (κ1) is 23.2. The highest BCUT2D eigenvalue weighted by molar-refractivity contribution is 5.93. The van der Waals surface area contributed by atoms with Crippen LogP contribution in [0.3, 0.4) is 0 Å². The van der Waals surface area contributed by atoms with E-state index in [0.29, 0.717) is 29.1 Å². The van der Waals surface area contributed by atoms with E-state index in [-0.39, 0.29) is 36.2 Å². The number of fused-ring (bicyclic) bond motifs is 5. The third-order valence-corrected chi connectivity index (χ3v) is 9.57. The first-order valence-corrected chi connectivity index (χ1v) is 12.4. The third kappa shape index (κ3) is 4.19. The number of carboxylic acid groups (broad SMARTS) is 1. The molecule has 4 aliphatic carbocycles. The lowest BCUT2D eigenvalue weighted by molar-refractivity contribution is -0.158. The van der Waals surface area contributed by atoms with Crippen LogP contribution < -0.4 is 5.43 Å². The van der Waals surface area contributed by atoms with Crippen molar-refractivity contribution in [2.24, 2.45) is 39.6 Å². The molecule has 7 nitrogen and oxygen atoms in total. The van der Waals surface area contributed by atoms with Crippen molar-refractivity contribution >= 4 is 23.6 Å². The minimum Gasteiger partial charge on any atom is -0.481 e. The quantitative estimate of drug-likeness (QED) is 0.484. The largest absolute Gasteiger partial charge is 0.481 e. The molecule has 0 unspecified atom stereocenters. The number of nitrogens with zero attached hydrogens (tertiary/aromatic N) is 1. The fourth-order valence-electron chi connectivity index (χ4n) is 7.94. The zero-order valence-electron chi connectivity index (χ0n) is 19.7. The van der Waals surface area contributed by atoms with Gasteiger partial charge in [0.1, 0.15) is 6.10 Å². The number of amides is 1. The normalized spacial score (nSPS) is 41.8. The van der Waals surface area contributed by atoms with Crippen molar-refractivity contribution in [1.82, 2.24) is 5.43 Å². The van der Waals surface area contributed by atoms with Crippen LogP contribution in [0, 0.1) is 34.5 Å². The molecule has 0 heterocycles. The molecule has 0 spiro atoms. The first-order valence-electron chi connectivity index (χ1n) is 12.4. The second-order valence-corrected chi connectivity index (χ2v) is 11.1. The van der Waals surface area contributed by atoms with Crippen LogP contribution in [0.15, 0.2) is 5.10 Å². The van der Waals surface area contributed by atoms with Crippen LogP contribution >= 0.6 is 0 Å². The molecule has 0 bridgehead atoms. The summed E-state index contributed by atoms with van der Waals surface area (Å²) in [5.74, 6) is 1.18. The van der Waals surface area contributed by atoms with Gasteiger partial charge < -0.3 is 9.84 Å². The Bertz CT molecular complexity index is 810. The number of carboxylic acids is 1. The highest BCUT2D eigenvalue weighted by atomic mass is 16.5. The monoisotopic (exact) mass is 446 g/mol. The summed E-state index contributed by atoms with van der Waals surface area (Å²) >= 11 is 0. The molecule has 4 aliphatic rings. The van der Waals surface area contributed by atoms with Crippen LogP contribution in [-0.4, -0.2) is 34.8 Å². The van der Waals surface area contributed by atoms with Gasteiger partial charge in [0.15, 0.2) is 0 Å². The summed E-state index contributed by atoms with van der Waals surface area (Å²) in [6.45, 7) is 6.34.